The van der Waals surface area contributed by atoms with E-state index in [2.05, 4.69) is 52.3 Å². The van der Waals surface area contributed by atoms with Gasteiger partial charge in [-0.25, -0.2) is 4.39 Å². The lowest BCUT2D eigenvalue weighted by molar-refractivity contribution is 0.0974. The Labute approximate surface area is 232 Å². The van der Waals surface area contributed by atoms with Crippen molar-refractivity contribution in [2.24, 2.45) is 0 Å². The van der Waals surface area contributed by atoms with Gasteiger partial charge in [-0.3, -0.25) is 15.0 Å². The maximum atomic E-state index is 14.0. The van der Waals surface area contributed by atoms with Crippen LogP contribution < -0.4 is 20.3 Å². The molecule has 1 aliphatic rings. The zero-order valence-electron chi connectivity index (χ0n) is 19.6. The Balaban J connectivity index is 1.30. The fraction of sp³-hybridized carbons (Fsp3) is 0.231. The first kappa shape index (κ1) is 26.5. The topological polar surface area (TPSA) is 56.8 Å². The summed E-state index contributed by atoms with van der Waals surface area (Å²) in [5.41, 5.74) is 2.96. The van der Waals surface area contributed by atoms with Crippen LogP contribution in [0.3, 0.4) is 0 Å². The van der Waals surface area contributed by atoms with E-state index in [1.54, 1.807) is 18.2 Å². The summed E-state index contributed by atoms with van der Waals surface area (Å²) in [6, 6.07) is 18.3. The monoisotopic (exact) mass is 634 g/mol. The molecule has 1 amide bonds. The molecule has 2 N–H and O–H groups in total. The molecule has 0 bridgehead atoms. The van der Waals surface area contributed by atoms with E-state index >= 15 is 0 Å². The number of anilines is 2. The molecular formula is C26H25Br2FN4O2S. The number of nitrogens with zero attached hydrogens (tertiary/aromatic N) is 2. The fourth-order valence-corrected chi connectivity index (χ4v) is 5.65. The van der Waals surface area contributed by atoms with Gasteiger partial charge in [0.1, 0.15) is 11.6 Å². The van der Waals surface area contributed by atoms with Crippen molar-refractivity contribution >= 4 is 66.5 Å². The van der Waals surface area contributed by atoms with E-state index in [1.165, 1.54) is 13.2 Å². The number of carbonyl (C=O) groups is 1. The Morgan fingerprint density at radius 1 is 1.06 bits per heavy atom. The number of piperazine rings is 1. The van der Waals surface area contributed by atoms with Gasteiger partial charge in [-0.05, 0) is 70.6 Å². The molecule has 0 saturated carbocycles. The molecule has 1 heterocycles. The molecule has 0 atom stereocenters. The highest BCUT2D eigenvalue weighted by Gasteiger charge is 2.19. The van der Waals surface area contributed by atoms with Crippen molar-refractivity contribution in [3.63, 3.8) is 0 Å². The number of thiocarbonyl (C=S) groups is 1. The molecule has 0 aromatic heterocycles. The number of nitrogens with one attached hydrogen (secondary N) is 2. The van der Waals surface area contributed by atoms with E-state index in [1.807, 2.05) is 36.4 Å². The molecule has 36 heavy (non-hydrogen) atoms. The van der Waals surface area contributed by atoms with Gasteiger partial charge in [0.05, 0.1) is 17.1 Å². The van der Waals surface area contributed by atoms with Crippen LogP contribution in [0, 0.1) is 5.82 Å². The minimum Gasteiger partial charge on any atom is -0.495 e. The minimum absolute atomic E-state index is 0.152. The van der Waals surface area contributed by atoms with Crippen LogP contribution in [0.1, 0.15) is 15.9 Å². The normalized spacial score (nSPS) is 13.8. The van der Waals surface area contributed by atoms with Crippen molar-refractivity contribution in [2.75, 3.05) is 43.5 Å². The van der Waals surface area contributed by atoms with Crippen LogP contribution in [-0.4, -0.2) is 49.2 Å². The van der Waals surface area contributed by atoms with Crippen molar-refractivity contribution in [1.82, 2.24) is 10.2 Å². The third kappa shape index (κ3) is 6.61. The summed E-state index contributed by atoms with van der Waals surface area (Å²) in [6.45, 7) is 4.06. The molecule has 188 valence electrons. The number of benzene rings is 3. The molecule has 3 aromatic carbocycles. The Morgan fingerprint density at radius 2 is 1.75 bits per heavy atom. The second-order valence-electron chi connectivity index (χ2n) is 8.28. The van der Waals surface area contributed by atoms with Gasteiger partial charge in [-0.2, -0.15) is 0 Å². The molecule has 1 fully saturated rings. The summed E-state index contributed by atoms with van der Waals surface area (Å²) in [7, 11) is 1.51. The average molecular weight is 636 g/mol. The smallest absolute Gasteiger partial charge is 0.261 e. The highest BCUT2D eigenvalue weighted by atomic mass is 79.9. The average Bonchev–Trinajstić information content (AvgIpc) is 2.86. The van der Waals surface area contributed by atoms with E-state index < -0.39 is 0 Å². The third-order valence-corrected chi connectivity index (χ3v) is 7.15. The third-order valence-electron chi connectivity index (χ3n) is 5.90. The highest BCUT2D eigenvalue weighted by molar-refractivity contribution is 9.11. The molecule has 0 spiro atoms. The minimum atomic E-state index is -0.378. The van der Waals surface area contributed by atoms with Crippen LogP contribution in [0.5, 0.6) is 5.75 Å². The lowest BCUT2D eigenvalue weighted by atomic mass is 10.1. The number of rotatable bonds is 6. The number of halogens is 3. The molecule has 0 radical (unpaired) electrons. The Bertz CT molecular complexity index is 1250. The van der Waals surface area contributed by atoms with E-state index in [4.69, 9.17) is 17.0 Å². The van der Waals surface area contributed by atoms with Crippen molar-refractivity contribution < 1.29 is 13.9 Å². The van der Waals surface area contributed by atoms with Crippen LogP contribution in [-0.2, 0) is 6.54 Å². The zero-order valence-corrected chi connectivity index (χ0v) is 23.6. The zero-order chi connectivity index (χ0) is 25.7. The first-order chi connectivity index (χ1) is 17.3. The van der Waals surface area contributed by atoms with E-state index in [0.29, 0.717) is 22.3 Å². The van der Waals surface area contributed by atoms with Crippen LogP contribution in [0.4, 0.5) is 15.8 Å². The molecule has 4 rings (SSSR count). The van der Waals surface area contributed by atoms with Crippen LogP contribution >= 0.6 is 44.1 Å². The maximum absolute atomic E-state index is 14.0. The van der Waals surface area contributed by atoms with E-state index in [-0.39, 0.29) is 16.8 Å². The summed E-state index contributed by atoms with van der Waals surface area (Å²) in [4.78, 5) is 17.3. The standard InChI is InChI=1S/C26H25Br2FN4O2S/c1-35-24-21(14-18(27)15-22(24)28)25(34)31-26(36)30-19-6-8-20(9-7-19)33-12-10-32(11-13-33)16-17-4-2-3-5-23(17)29/h2-9,14-15H,10-13,16H2,1H3,(H2,30,31,34,36). The number of amides is 1. The lowest BCUT2D eigenvalue weighted by Crippen LogP contribution is -2.46. The SMILES string of the molecule is COc1c(Br)cc(Br)cc1C(=O)NC(=S)Nc1ccc(N2CCN(Cc3ccccc3F)CC2)cc1. The molecule has 1 saturated heterocycles. The first-order valence-corrected chi connectivity index (χ1v) is 13.3. The molecular weight excluding hydrogens is 611 g/mol. The van der Waals surface area contributed by atoms with Gasteiger partial charge < -0.3 is 15.0 Å². The summed E-state index contributed by atoms with van der Waals surface area (Å²) < 4.78 is 20.7. The summed E-state index contributed by atoms with van der Waals surface area (Å²) in [5.74, 6) is -0.103. The van der Waals surface area contributed by atoms with Gasteiger partial charge in [0, 0.05) is 54.1 Å². The van der Waals surface area contributed by atoms with E-state index in [9.17, 15) is 9.18 Å². The quantitative estimate of drug-likeness (QED) is 0.334. The first-order valence-electron chi connectivity index (χ1n) is 11.3. The number of hydrogen-bond donors (Lipinski definition) is 2. The fourth-order valence-electron chi connectivity index (χ4n) is 4.06. The van der Waals surface area contributed by atoms with Gasteiger partial charge >= 0.3 is 0 Å². The lowest BCUT2D eigenvalue weighted by Gasteiger charge is -2.36. The highest BCUT2D eigenvalue weighted by Crippen LogP contribution is 2.32. The van der Waals surface area contributed by atoms with Crippen molar-refractivity contribution in [2.45, 2.75) is 6.54 Å². The second kappa shape index (κ2) is 12.1. The van der Waals surface area contributed by atoms with Crippen molar-refractivity contribution in [3.8, 4) is 5.75 Å². The predicted molar refractivity (Wildman–Crippen MR) is 152 cm³/mol. The molecule has 0 unspecified atom stereocenters. The van der Waals surface area contributed by atoms with Gasteiger partial charge in [-0.15, -0.1) is 0 Å². The summed E-state index contributed by atoms with van der Waals surface area (Å²) >= 11 is 12.1. The van der Waals surface area contributed by atoms with Crippen LogP contribution in [0.25, 0.3) is 0 Å². The largest absolute Gasteiger partial charge is 0.495 e. The molecule has 6 nitrogen and oxygen atoms in total. The Hall–Kier alpha value is -2.53. The predicted octanol–water partition coefficient (Wildman–Crippen LogP) is 5.81. The van der Waals surface area contributed by atoms with Gasteiger partial charge in [0.25, 0.3) is 5.91 Å². The maximum Gasteiger partial charge on any atom is 0.261 e. The molecule has 1 aliphatic heterocycles. The molecule has 3 aromatic rings. The van der Waals surface area contributed by atoms with Gasteiger partial charge in [0.2, 0.25) is 0 Å². The second-order valence-corrected chi connectivity index (χ2v) is 10.5. The molecule has 10 heteroatoms. The summed E-state index contributed by atoms with van der Waals surface area (Å²) in [6.07, 6.45) is 0. The Morgan fingerprint density at radius 3 is 2.42 bits per heavy atom. The van der Waals surface area contributed by atoms with Crippen molar-refractivity contribution in [3.05, 3.63) is 86.6 Å². The Kier molecular flexibility index (Phi) is 8.95. The van der Waals surface area contributed by atoms with Gasteiger partial charge in [0.15, 0.2) is 5.11 Å². The molecule has 0 aliphatic carbocycles. The van der Waals surface area contributed by atoms with Crippen LogP contribution in [0.15, 0.2) is 69.6 Å². The number of carbonyl (C=O) groups excluding carboxylic acids is 1. The number of methoxy groups -OCH3 is 1. The number of hydrogen-bond acceptors (Lipinski definition) is 5. The van der Waals surface area contributed by atoms with Crippen LogP contribution in [0.2, 0.25) is 0 Å². The summed E-state index contributed by atoms with van der Waals surface area (Å²) in [5, 5.41) is 5.94. The van der Waals surface area contributed by atoms with Gasteiger partial charge in [-0.1, -0.05) is 34.1 Å². The van der Waals surface area contributed by atoms with Crippen molar-refractivity contribution in [1.29, 1.82) is 0 Å². The van der Waals surface area contributed by atoms with E-state index in [0.717, 1.165) is 47.6 Å². The number of ether oxygens (including phenoxy) is 1.